The Labute approximate surface area is 149 Å². The number of H-pyrrole nitrogens is 1. The Kier molecular flexibility index (Phi) is 4.97. The zero-order valence-corrected chi connectivity index (χ0v) is 14.3. The lowest BCUT2D eigenvalue weighted by Gasteiger charge is -2.18. The molecule has 0 spiro atoms. The number of rotatable bonds is 5. The van der Waals surface area contributed by atoms with Crippen molar-refractivity contribution in [2.45, 2.75) is 26.0 Å². The lowest BCUT2D eigenvalue weighted by molar-refractivity contribution is -0.129. The molecule has 6 nitrogen and oxygen atoms in total. The van der Waals surface area contributed by atoms with Crippen molar-refractivity contribution in [2.24, 2.45) is 0 Å². The summed E-state index contributed by atoms with van der Waals surface area (Å²) in [5.74, 6) is -1.37. The minimum Gasteiger partial charge on any atom is -0.449 e. The fraction of sp³-hybridized carbons (Fsp3) is 0.211. The first-order chi connectivity index (χ1) is 12.4. The number of carbonyl (C=O) groups is 2. The molecule has 0 unspecified atom stereocenters. The van der Waals surface area contributed by atoms with Crippen LogP contribution >= 0.6 is 0 Å². The third kappa shape index (κ3) is 3.88. The summed E-state index contributed by atoms with van der Waals surface area (Å²) in [4.78, 5) is 24.5. The van der Waals surface area contributed by atoms with Gasteiger partial charge >= 0.3 is 5.97 Å². The third-order valence-corrected chi connectivity index (χ3v) is 4.06. The van der Waals surface area contributed by atoms with Crippen molar-refractivity contribution >= 4 is 22.8 Å². The standard InChI is InChI=1S/C19H18FN3O3/c1-11(13-5-7-16(20)8-6-13)22-18(24)12(2)26-19(25)14-3-4-15-10-21-23-17(15)9-14/h3-12H,1-2H3,(H,21,23)(H,22,24)/t11-,12+/m0/s1. The molecule has 0 aliphatic rings. The van der Waals surface area contributed by atoms with Crippen molar-refractivity contribution in [1.82, 2.24) is 15.5 Å². The normalized spacial score (nSPS) is 13.2. The van der Waals surface area contributed by atoms with E-state index in [2.05, 4.69) is 15.5 Å². The summed E-state index contributed by atoms with van der Waals surface area (Å²) >= 11 is 0. The summed E-state index contributed by atoms with van der Waals surface area (Å²) in [6, 6.07) is 10.5. The van der Waals surface area contributed by atoms with Gasteiger partial charge in [0.25, 0.3) is 5.91 Å². The molecular weight excluding hydrogens is 337 g/mol. The molecule has 3 rings (SSSR count). The van der Waals surface area contributed by atoms with Crippen molar-refractivity contribution in [3.05, 3.63) is 65.6 Å². The van der Waals surface area contributed by atoms with Crippen molar-refractivity contribution in [3.63, 3.8) is 0 Å². The average Bonchev–Trinajstić information content (AvgIpc) is 3.09. The van der Waals surface area contributed by atoms with Gasteiger partial charge in [-0.15, -0.1) is 0 Å². The largest absolute Gasteiger partial charge is 0.449 e. The molecular formula is C19H18FN3O3. The molecule has 0 aliphatic heterocycles. The van der Waals surface area contributed by atoms with E-state index in [4.69, 9.17) is 4.74 Å². The first-order valence-corrected chi connectivity index (χ1v) is 8.14. The fourth-order valence-corrected chi connectivity index (χ4v) is 2.51. The summed E-state index contributed by atoms with van der Waals surface area (Å²) in [5, 5.41) is 10.3. The average molecular weight is 355 g/mol. The number of hydrogen-bond donors (Lipinski definition) is 2. The molecule has 0 bridgehead atoms. The molecule has 1 heterocycles. The molecule has 3 aromatic rings. The second kappa shape index (κ2) is 7.35. The Morgan fingerprint density at radius 3 is 2.62 bits per heavy atom. The highest BCUT2D eigenvalue weighted by Crippen LogP contribution is 2.15. The number of halogens is 1. The zero-order chi connectivity index (χ0) is 18.7. The highest BCUT2D eigenvalue weighted by Gasteiger charge is 2.21. The maximum Gasteiger partial charge on any atom is 0.338 e. The first kappa shape index (κ1) is 17.6. The predicted molar refractivity (Wildman–Crippen MR) is 93.9 cm³/mol. The molecule has 7 heteroatoms. The first-order valence-electron chi connectivity index (χ1n) is 8.14. The van der Waals surface area contributed by atoms with E-state index in [1.54, 1.807) is 43.5 Å². The number of carbonyl (C=O) groups excluding carboxylic acids is 2. The van der Waals surface area contributed by atoms with Crippen molar-refractivity contribution in [3.8, 4) is 0 Å². The zero-order valence-electron chi connectivity index (χ0n) is 14.3. The van der Waals surface area contributed by atoms with Gasteiger partial charge in [0.1, 0.15) is 5.82 Å². The molecule has 1 aromatic heterocycles. The molecule has 0 saturated carbocycles. The van der Waals surface area contributed by atoms with Crippen molar-refractivity contribution < 1.29 is 18.7 Å². The van der Waals surface area contributed by atoms with Crippen LogP contribution in [0.15, 0.2) is 48.7 Å². The van der Waals surface area contributed by atoms with Gasteiger partial charge in [0, 0.05) is 5.39 Å². The van der Waals surface area contributed by atoms with Gasteiger partial charge in [-0.3, -0.25) is 9.89 Å². The Balaban J connectivity index is 1.60. The number of hydrogen-bond acceptors (Lipinski definition) is 4. The Morgan fingerprint density at radius 2 is 1.88 bits per heavy atom. The van der Waals surface area contributed by atoms with E-state index in [-0.39, 0.29) is 11.9 Å². The number of aromatic nitrogens is 2. The SMILES string of the molecule is C[C@H](NC(=O)[C@@H](C)OC(=O)c1ccc2cn[nH]c2c1)c1ccc(F)cc1. The van der Waals surface area contributed by atoms with Crippen molar-refractivity contribution in [1.29, 1.82) is 0 Å². The van der Waals surface area contributed by atoms with Gasteiger partial charge in [-0.2, -0.15) is 5.10 Å². The Morgan fingerprint density at radius 1 is 1.15 bits per heavy atom. The number of ether oxygens (including phenoxy) is 1. The Hall–Kier alpha value is -3.22. The highest BCUT2D eigenvalue weighted by molar-refractivity contribution is 5.95. The Bertz CT molecular complexity index is 937. The van der Waals surface area contributed by atoms with Crippen LogP contribution in [0.2, 0.25) is 0 Å². The van der Waals surface area contributed by atoms with Gasteiger partial charge in [-0.05, 0) is 43.7 Å². The predicted octanol–water partition coefficient (Wildman–Crippen LogP) is 3.12. The maximum absolute atomic E-state index is 13.0. The van der Waals surface area contributed by atoms with E-state index in [0.717, 1.165) is 10.9 Å². The molecule has 2 aromatic carbocycles. The van der Waals surface area contributed by atoms with Crippen LogP contribution in [-0.2, 0) is 9.53 Å². The quantitative estimate of drug-likeness (QED) is 0.689. The summed E-state index contributed by atoms with van der Waals surface area (Å²) < 4.78 is 18.2. The molecule has 0 radical (unpaired) electrons. The molecule has 1 amide bonds. The van der Waals surface area contributed by atoms with Gasteiger partial charge in [0.05, 0.1) is 23.3 Å². The monoisotopic (exact) mass is 355 g/mol. The summed E-state index contributed by atoms with van der Waals surface area (Å²) in [5.41, 5.74) is 1.79. The van der Waals surface area contributed by atoms with Crippen LogP contribution in [0.3, 0.4) is 0 Å². The van der Waals surface area contributed by atoms with Crippen LogP contribution in [0.5, 0.6) is 0 Å². The number of fused-ring (bicyclic) bond motifs is 1. The van der Waals surface area contributed by atoms with Crippen molar-refractivity contribution in [2.75, 3.05) is 0 Å². The van der Waals surface area contributed by atoms with Gasteiger partial charge in [-0.1, -0.05) is 18.2 Å². The third-order valence-electron chi connectivity index (χ3n) is 4.06. The van der Waals surface area contributed by atoms with Crippen LogP contribution in [0.4, 0.5) is 4.39 Å². The number of amides is 1. The number of nitrogens with one attached hydrogen (secondary N) is 2. The van der Waals surface area contributed by atoms with Crippen LogP contribution in [0.1, 0.15) is 35.8 Å². The molecule has 134 valence electrons. The smallest absolute Gasteiger partial charge is 0.338 e. The van der Waals surface area contributed by atoms with E-state index in [0.29, 0.717) is 11.1 Å². The van der Waals surface area contributed by atoms with E-state index in [9.17, 15) is 14.0 Å². The number of aromatic amines is 1. The van der Waals surface area contributed by atoms with Crippen LogP contribution in [0, 0.1) is 5.82 Å². The van der Waals surface area contributed by atoms with Gasteiger partial charge in [0.15, 0.2) is 6.10 Å². The minimum absolute atomic E-state index is 0.327. The fourth-order valence-electron chi connectivity index (χ4n) is 2.51. The number of nitrogens with zero attached hydrogens (tertiary/aromatic N) is 1. The topological polar surface area (TPSA) is 84.1 Å². The van der Waals surface area contributed by atoms with E-state index < -0.39 is 18.0 Å². The molecule has 2 N–H and O–H groups in total. The van der Waals surface area contributed by atoms with E-state index in [1.807, 2.05) is 0 Å². The minimum atomic E-state index is -0.970. The summed E-state index contributed by atoms with van der Waals surface area (Å²) in [7, 11) is 0. The van der Waals surface area contributed by atoms with Gasteiger partial charge in [0.2, 0.25) is 0 Å². The second-order valence-electron chi connectivity index (χ2n) is 6.00. The molecule has 0 fully saturated rings. The molecule has 0 saturated heterocycles. The number of benzene rings is 2. The lowest BCUT2D eigenvalue weighted by Crippen LogP contribution is -2.37. The molecule has 2 atom stereocenters. The lowest BCUT2D eigenvalue weighted by atomic mass is 10.1. The van der Waals surface area contributed by atoms with Crippen LogP contribution in [-0.4, -0.2) is 28.2 Å². The van der Waals surface area contributed by atoms with Crippen LogP contribution < -0.4 is 5.32 Å². The van der Waals surface area contributed by atoms with E-state index in [1.165, 1.54) is 19.1 Å². The van der Waals surface area contributed by atoms with Gasteiger partial charge in [-0.25, -0.2) is 9.18 Å². The number of esters is 1. The van der Waals surface area contributed by atoms with Crippen LogP contribution in [0.25, 0.3) is 10.9 Å². The molecule has 26 heavy (non-hydrogen) atoms. The van der Waals surface area contributed by atoms with E-state index >= 15 is 0 Å². The maximum atomic E-state index is 13.0. The molecule has 0 aliphatic carbocycles. The van der Waals surface area contributed by atoms with Gasteiger partial charge < -0.3 is 10.1 Å². The second-order valence-corrected chi connectivity index (χ2v) is 6.00. The highest BCUT2D eigenvalue weighted by atomic mass is 19.1. The summed E-state index contributed by atoms with van der Waals surface area (Å²) in [6.07, 6.45) is 0.681. The summed E-state index contributed by atoms with van der Waals surface area (Å²) in [6.45, 7) is 3.27.